The van der Waals surface area contributed by atoms with Crippen molar-refractivity contribution in [1.29, 1.82) is 0 Å². The highest BCUT2D eigenvalue weighted by molar-refractivity contribution is 5.81. The predicted molar refractivity (Wildman–Crippen MR) is 82.3 cm³/mol. The van der Waals surface area contributed by atoms with E-state index >= 15 is 0 Å². The number of hydrogen-bond acceptors (Lipinski definition) is 4. The van der Waals surface area contributed by atoms with Gasteiger partial charge in [-0.25, -0.2) is 0 Å². The van der Waals surface area contributed by atoms with Gasteiger partial charge in [0.2, 0.25) is 0 Å². The zero-order chi connectivity index (χ0) is 15.8. The molecule has 5 heteroatoms. The second kappa shape index (κ2) is 5.79. The Morgan fingerprint density at radius 2 is 2.10 bits per heavy atom. The molecule has 0 aliphatic heterocycles. The van der Waals surface area contributed by atoms with Gasteiger partial charge in [0, 0.05) is 11.7 Å². The van der Waals surface area contributed by atoms with Gasteiger partial charge in [0.1, 0.15) is 5.54 Å². The fourth-order valence-corrected chi connectivity index (χ4v) is 3.45. The van der Waals surface area contributed by atoms with Crippen molar-refractivity contribution in [2.24, 2.45) is 0 Å². The van der Waals surface area contributed by atoms with Gasteiger partial charge in [-0.1, -0.05) is 0 Å². The lowest BCUT2D eigenvalue weighted by atomic mass is 9.96. The minimum atomic E-state index is -0.576. The van der Waals surface area contributed by atoms with Crippen LogP contribution < -0.4 is 5.32 Å². The van der Waals surface area contributed by atoms with E-state index in [1.165, 1.54) is 18.4 Å². The van der Waals surface area contributed by atoms with E-state index in [9.17, 15) is 4.79 Å². The molecule has 0 aromatic carbocycles. The molecule has 21 heavy (non-hydrogen) atoms. The minimum Gasteiger partial charge on any atom is -0.468 e. The fraction of sp³-hybridized carbons (Fsp3) is 0.750. The van der Waals surface area contributed by atoms with Gasteiger partial charge >= 0.3 is 5.97 Å². The Hall–Kier alpha value is -1.36. The molecule has 2 rings (SSSR count). The van der Waals surface area contributed by atoms with Gasteiger partial charge < -0.3 is 4.74 Å². The first-order chi connectivity index (χ1) is 9.80. The summed E-state index contributed by atoms with van der Waals surface area (Å²) in [5.74, 6) is -0.156. The van der Waals surface area contributed by atoms with Crippen LogP contribution in [0.1, 0.15) is 56.1 Å². The highest BCUT2D eigenvalue weighted by Crippen LogP contribution is 2.39. The first kappa shape index (κ1) is 16.0. The van der Waals surface area contributed by atoms with E-state index in [1.54, 1.807) is 0 Å². The molecule has 1 aliphatic carbocycles. The Labute approximate surface area is 127 Å². The lowest BCUT2D eigenvalue weighted by Crippen LogP contribution is -2.53. The summed E-state index contributed by atoms with van der Waals surface area (Å²) in [7, 11) is 1.47. The normalized spacial score (nSPS) is 25.6. The highest BCUT2D eigenvalue weighted by atomic mass is 16.5. The summed E-state index contributed by atoms with van der Waals surface area (Å²) in [4.78, 5) is 12.3. The van der Waals surface area contributed by atoms with E-state index in [4.69, 9.17) is 4.74 Å². The molecule has 0 amide bonds. The van der Waals surface area contributed by atoms with Crippen molar-refractivity contribution in [3.05, 3.63) is 17.0 Å². The van der Waals surface area contributed by atoms with Crippen molar-refractivity contribution in [1.82, 2.24) is 15.1 Å². The maximum Gasteiger partial charge on any atom is 0.326 e. The first-order valence-electron chi connectivity index (χ1n) is 7.69. The van der Waals surface area contributed by atoms with Crippen molar-refractivity contribution < 1.29 is 9.53 Å². The molecule has 1 N–H and O–H groups in total. The molecule has 5 nitrogen and oxygen atoms in total. The molecule has 1 fully saturated rings. The van der Waals surface area contributed by atoms with Crippen LogP contribution in [0, 0.1) is 20.8 Å². The number of esters is 1. The van der Waals surface area contributed by atoms with E-state index in [2.05, 4.69) is 42.8 Å². The van der Waals surface area contributed by atoms with E-state index < -0.39 is 5.54 Å². The number of hydrogen-bond donors (Lipinski definition) is 1. The minimum absolute atomic E-state index is 0.156. The molecule has 1 heterocycles. The van der Waals surface area contributed by atoms with Crippen LogP contribution in [0.5, 0.6) is 0 Å². The zero-order valence-corrected chi connectivity index (χ0v) is 14.0. The molecule has 0 saturated heterocycles. The SMILES string of the molecule is COC(=O)C1(NC(C)C)CCC(n2nc(C)c(C)c2C)C1. The Bertz CT molecular complexity index is 536. The molecule has 1 aromatic heterocycles. The summed E-state index contributed by atoms with van der Waals surface area (Å²) < 4.78 is 7.15. The van der Waals surface area contributed by atoms with E-state index in [0.717, 1.165) is 25.0 Å². The maximum absolute atomic E-state index is 12.3. The van der Waals surface area contributed by atoms with E-state index in [-0.39, 0.29) is 18.1 Å². The van der Waals surface area contributed by atoms with Gasteiger partial charge in [-0.3, -0.25) is 14.8 Å². The van der Waals surface area contributed by atoms with Crippen LogP contribution in [0.3, 0.4) is 0 Å². The first-order valence-corrected chi connectivity index (χ1v) is 7.69. The van der Waals surface area contributed by atoms with Gasteiger partial charge in [0.15, 0.2) is 0 Å². The van der Waals surface area contributed by atoms with Crippen LogP contribution in [0.2, 0.25) is 0 Å². The number of nitrogens with zero attached hydrogens (tertiary/aromatic N) is 2. The number of aryl methyl sites for hydroxylation is 1. The van der Waals surface area contributed by atoms with Crippen molar-refractivity contribution in [3.63, 3.8) is 0 Å². The lowest BCUT2D eigenvalue weighted by molar-refractivity contribution is -0.148. The van der Waals surface area contributed by atoms with Crippen LogP contribution in [0.15, 0.2) is 0 Å². The Morgan fingerprint density at radius 3 is 2.57 bits per heavy atom. The van der Waals surface area contributed by atoms with Gasteiger partial charge in [-0.05, 0) is 59.4 Å². The standard InChI is InChI=1S/C16H27N3O2/c1-10(2)17-16(15(20)21-6)8-7-14(9-16)19-13(5)11(3)12(4)18-19/h10,14,17H,7-9H2,1-6H3. The number of ether oxygens (including phenoxy) is 1. The summed E-state index contributed by atoms with van der Waals surface area (Å²) in [5, 5.41) is 8.09. The molecular formula is C16H27N3O2. The zero-order valence-electron chi connectivity index (χ0n) is 14.0. The number of methoxy groups -OCH3 is 1. The summed E-state index contributed by atoms with van der Waals surface area (Å²) in [6.07, 6.45) is 2.47. The quantitative estimate of drug-likeness (QED) is 0.866. The Morgan fingerprint density at radius 1 is 1.43 bits per heavy atom. The summed E-state index contributed by atoms with van der Waals surface area (Å²) >= 11 is 0. The largest absolute Gasteiger partial charge is 0.468 e. The van der Waals surface area contributed by atoms with Crippen LogP contribution in [0.25, 0.3) is 0 Å². The second-order valence-electron chi connectivity index (χ2n) is 6.51. The number of rotatable bonds is 4. The average Bonchev–Trinajstić information content (AvgIpc) is 2.95. The van der Waals surface area contributed by atoms with Crippen molar-refractivity contribution in [2.45, 2.75) is 71.5 Å². The molecule has 1 saturated carbocycles. The van der Waals surface area contributed by atoms with Crippen molar-refractivity contribution >= 4 is 5.97 Å². The van der Waals surface area contributed by atoms with Gasteiger partial charge in [-0.2, -0.15) is 5.10 Å². The molecule has 2 atom stereocenters. The van der Waals surface area contributed by atoms with Crippen molar-refractivity contribution in [2.75, 3.05) is 7.11 Å². The fourth-order valence-electron chi connectivity index (χ4n) is 3.45. The monoisotopic (exact) mass is 293 g/mol. The number of nitrogens with one attached hydrogen (secondary N) is 1. The molecule has 0 spiro atoms. The third-order valence-electron chi connectivity index (χ3n) is 4.66. The Kier molecular flexibility index (Phi) is 4.42. The number of carbonyl (C=O) groups is 1. The van der Waals surface area contributed by atoms with Crippen LogP contribution in [-0.4, -0.2) is 34.4 Å². The van der Waals surface area contributed by atoms with Gasteiger partial charge in [0.05, 0.1) is 18.8 Å². The predicted octanol–water partition coefficient (Wildman–Crippen LogP) is 2.44. The molecule has 118 valence electrons. The number of aromatic nitrogens is 2. The maximum atomic E-state index is 12.3. The van der Waals surface area contributed by atoms with Crippen molar-refractivity contribution in [3.8, 4) is 0 Å². The molecule has 2 unspecified atom stereocenters. The van der Waals surface area contributed by atoms with Crippen LogP contribution >= 0.6 is 0 Å². The Balaban J connectivity index is 2.27. The molecule has 0 bridgehead atoms. The van der Waals surface area contributed by atoms with E-state index in [0.29, 0.717) is 0 Å². The molecule has 1 aromatic rings. The third kappa shape index (κ3) is 2.84. The summed E-state index contributed by atoms with van der Waals surface area (Å²) in [5.41, 5.74) is 2.93. The van der Waals surface area contributed by atoms with Crippen LogP contribution in [0.4, 0.5) is 0 Å². The second-order valence-corrected chi connectivity index (χ2v) is 6.51. The van der Waals surface area contributed by atoms with Gasteiger partial charge in [-0.15, -0.1) is 0 Å². The molecule has 0 radical (unpaired) electrons. The smallest absolute Gasteiger partial charge is 0.326 e. The molecule has 1 aliphatic rings. The summed E-state index contributed by atoms with van der Waals surface area (Å²) in [6.45, 7) is 10.4. The number of carbonyl (C=O) groups excluding carboxylic acids is 1. The topological polar surface area (TPSA) is 56.1 Å². The average molecular weight is 293 g/mol. The van der Waals surface area contributed by atoms with Crippen LogP contribution in [-0.2, 0) is 9.53 Å². The highest BCUT2D eigenvalue weighted by Gasteiger charge is 2.47. The summed E-state index contributed by atoms with van der Waals surface area (Å²) in [6, 6.07) is 0.493. The molecular weight excluding hydrogens is 266 g/mol. The lowest BCUT2D eigenvalue weighted by Gasteiger charge is -2.30. The van der Waals surface area contributed by atoms with Gasteiger partial charge in [0.25, 0.3) is 0 Å². The van der Waals surface area contributed by atoms with E-state index in [1.807, 2.05) is 6.92 Å². The third-order valence-corrected chi connectivity index (χ3v) is 4.66.